The molecule has 1 aromatic rings. The first-order valence-electron chi connectivity index (χ1n) is 4.42. The van der Waals surface area contributed by atoms with E-state index in [9.17, 15) is 4.79 Å². The highest BCUT2D eigenvalue weighted by Gasteiger charge is 2.16. The molecule has 1 heterocycles. The van der Waals surface area contributed by atoms with Crippen molar-refractivity contribution in [1.29, 1.82) is 0 Å². The summed E-state index contributed by atoms with van der Waals surface area (Å²) in [5, 5.41) is 0. The SMILES string of the molecule is COC(=O)c1coc([C@H](C)CCN)n1. The molecule has 0 unspecified atom stereocenters. The number of carbonyl (C=O) groups excluding carboxylic acids is 1. The predicted octanol–water partition coefficient (Wildman–Crippen LogP) is 0.913. The summed E-state index contributed by atoms with van der Waals surface area (Å²) in [7, 11) is 1.31. The first-order valence-corrected chi connectivity index (χ1v) is 4.42. The van der Waals surface area contributed by atoms with Crippen molar-refractivity contribution in [1.82, 2.24) is 4.98 Å². The minimum Gasteiger partial charge on any atom is -0.464 e. The zero-order valence-corrected chi connectivity index (χ0v) is 8.32. The fourth-order valence-corrected chi connectivity index (χ4v) is 1.09. The minimum absolute atomic E-state index is 0.124. The molecular formula is C9H14N2O3. The van der Waals surface area contributed by atoms with Gasteiger partial charge < -0.3 is 14.9 Å². The molecule has 0 fully saturated rings. The van der Waals surface area contributed by atoms with E-state index in [2.05, 4.69) is 9.72 Å². The molecule has 14 heavy (non-hydrogen) atoms. The topological polar surface area (TPSA) is 78.3 Å². The summed E-state index contributed by atoms with van der Waals surface area (Å²) < 4.78 is 9.64. The third-order valence-electron chi connectivity index (χ3n) is 1.94. The van der Waals surface area contributed by atoms with Crippen molar-refractivity contribution in [3.05, 3.63) is 17.8 Å². The molecule has 0 spiro atoms. The van der Waals surface area contributed by atoms with Gasteiger partial charge >= 0.3 is 5.97 Å². The molecule has 0 aliphatic rings. The molecule has 0 aliphatic carbocycles. The molecule has 0 aliphatic heterocycles. The van der Waals surface area contributed by atoms with E-state index in [0.717, 1.165) is 6.42 Å². The lowest BCUT2D eigenvalue weighted by Gasteiger charge is -2.02. The lowest BCUT2D eigenvalue weighted by Crippen LogP contribution is -2.06. The van der Waals surface area contributed by atoms with Crippen LogP contribution in [0.15, 0.2) is 10.7 Å². The zero-order valence-electron chi connectivity index (χ0n) is 8.32. The molecule has 0 saturated carbocycles. The number of methoxy groups -OCH3 is 1. The average Bonchev–Trinajstić information content (AvgIpc) is 2.66. The molecule has 0 bridgehead atoms. The summed E-state index contributed by atoms with van der Waals surface area (Å²) in [6.07, 6.45) is 2.08. The van der Waals surface area contributed by atoms with E-state index in [1.165, 1.54) is 13.4 Å². The van der Waals surface area contributed by atoms with Crippen LogP contribution in [-0.2, 0) is 4.74 Å². The second-order valence-electron chi connectivity index (χ2n) is 3.04. The molecule has 1 rings (SSSR count). The summed E-state index contributed by atoms with van der Waals surface area (Å²) >= 11 is 0. The maximum Gasteiger partial charge on any atom is 0.360 e. The molecule has 0 aromatic carbocycles. The van der Waals surface area contributed by atoms with Crippen molar-refractivity contribution in [2.75, 3.05) is 13.7 Å². The van der Waals surface area contributed by atoms with Crippen LogP contribution in [0.25, 0.3) is 0 Å². The lowest BCUT2D eigenvalue weighted by atomic mass is 10.1. The van der Waals surface area contributed by atoms with Gasteiger partial charge in [-0.3, -0.25) is 0 Å². The molecular weight excluding hydrogens is 184 g/mol. The monoisotopic (exact) mass is 198 g/mol. The number of oxazole rings is 1. The lowest BCUT2D eigenvalue weighted by molar-refractivity contribution is 0.0594. The van der Waals surface area contributed by atoms with Gasteiger partial charge in [-0.05, 0) is 13.0 Å². The van der Waals surface area contributed by atoms with E-state index < -0.39 is 5.97 Å². The van der Waals surface area contributed by atoms with Crippen LogP contribution in [-0.4, -0.2) is 24.6 Å². The Bertz CT molecular complexity index is 309. The van der Waals surface area contributed by atoms with Crippen LogP contribution in [0, 0.1) is 0 Å². The number of hydrogen-bond donors (Lipinski definition) is 1. The summed E-state index contributed by atoms with van der Waals surface area (Å²) in [6.45, 7) is 2.51. The third-order valence-corrected chi connectivity index (χ3v) is 1.94. The highest BCUT2D eigenvalue weighted by molar-refractivity contribution is 5.86. The van der Waals surface area contributed by atoms with Crippen molar-refractivity contribution in [3.8, 4) is 0 Å². The van der Waals surface area contributed by atoms with Crippen molar-refractivity contribution in [2.24, 2.45) is 5.73 Å². The highest BCUT2D eigenvalue weighted by atomic mass is 16.5. The number of nitrogens with two attached hydrogens (primary N) is 1. The van der Waals surface area contributed by atoms with Crippen molar-refractivity contribution < 1.29 is 13.9 Å². The number of esters is 1. The smallest absolute Gasteiger partial charge is 0.360 e. The van der Waals surface area contributed by atoms with E-state index in [4.69, 9.17) is 10.2 Å². The van der Waals surface area contributed by atoms with Gasteiger partial charge in [-0.2, -0.15) is 0 Å². The summed E-state index contributed by atoms with van der Waals surface area (Å²) in [5.41, 5.74) is 5.60. The Morgan fingerprint density at radius 2 is 2.50 bits per heavy atom. The molecule has 5 heteroatoms. The largest absolute Gasteiger partial charge is 0.464 e. The van der Waals surface area contributed by atoms with Crippen LogP contribution in [0.2, 0.25) is 0 Å². The Labute approximate surface area is 82.2 Å². The molecule has 5 nitrogen and oxygen atoms in total. The van der Waals surface area contributed by atoms with E-state index in [0.29, 0.717) is 12.4 Å². The fraction of sp³-hybridized carbons (Fsp3) is 0.556. The van der Waals surface area contributed by atoms with E-state index in [1.807, 2.05) is 6.92 Å². The molecule has 0 saturated heterocycles. The zero-order chi connectivity index (χ0) is 10.6. The normalized spacial score (nSPS) is 12.5. The molecule has 78 valence electrons. The maximum atomic E-state index is 11.0. The first kappa shape index (κ1) is 10.7. The number of hydrogen-bond acceptors (Lipinski definition) is 5. The third kappa shape index (κ3) is 2.32. The maximum absolute atomic E-state index is 11.0. The van der Waals surface area contributed by atoms with Crippen LogP contribution in [0.5, 0.6) is 0 Å². The fourth-order valence-electron chi connectivity index (χ4n) is 1.09. The second kappa shape index (κ2) is 4.76. The van der Waals surface area contributed by atoms with Gasteiger partial charge in [0.05, 0.1) is 7.11 Å². The summed E-state index contributed by atoms with van der Waals surface area (Å²) in [6, 6.07) is 0. The van der Waals surface area contributed by atoms with Crippen molar-refractivity contribution in [3.63, 3.8) is 0 Å². The first-order chi connectivity index (χ1) is 6.69. The molecule has 1 atom stereocenters. The number of aromatic nitrogens is 1. The van der Waals surface area contributed by atoms with E-state index >= 15 is 0 Å². The van der Waals surface area contributed by atoms with E-state index in [1.54, 1.807) is 0 Å². The minimum atomic E-state index is -0.486. The van der Waals surface area contributed by atoms with Gasteiger partial charge in [0.15, 0.2) is 11.6 Å². The Balaban J connectivity index is 2.72. The van der Waals surface area contributed by atoms with E-state index in [-0.39, 0.29) is 11.6 Å². The highest BCUT2D eigenvalue weighted by Crippen LogP contribution is 2.17. The van der Waals surface area contributed by atoms with Crippen LogP contribution < -0.4 is 5.73 Å². The van der Waals surface area contributed by atoms with Crippen LogP contribution in [0.4, 0.5) is 0 Å². The Morgan fingerprint density at radius 1 is 1.79 bits per heavy atom. The van der Waals surface area contributed by atoms with Gasteiger partial charge in [-0.25, -0.2) is 9.78 Å². The van der Waals surface area contributed by atoms with Gasteiger partial charge in [0.1, 0.15) is 6.26 Å². The van der Waals surface area contributed by atoms with Crippen LogP contribution in [0.1, 0.15) is 35.6 Å². The number of rotatable bonds is 4. The molecule has 2 N–H and O–H groups in total. The van der Waals surface area contributed by atoms with Gasteiger partial charge in [0.25, 0.3) is 0 Å². The quantitative estimate of drug-likeness (QED) is 0.727. The van der Waals surface area contributed by atoms with Gasteiger partial charge in [0.2, 0.25) is 0 Å². The molecule has 0 amide bonds. The van der Waals surface area contributed by atoms with Gasteiger partial charge in [0, 0.05) is 5.92 Å². The average molecular weight is 198 g/mol. The van der Waals surface area contributed by atoms with Crippen LogP contribution in [0.3, 0.4) is 0 Å². The Kier molecular flexibility index (Phi) is 3.64. The molecule has 0 radical (unpaired) electrons. The van der Waals surface area contributed by atoms with Gasteiger partial charge in [-0.1, -0.05) is 6.92 Å². The number of ether oxygens (including phenoxy) is 1. The van der Waals surface area contributed by atoms with Gasteiger partial charge in [-0.15, -0.1) is 0 Å². The van der Waals surface area contributed by atoms with Crippen LogP contribution >= 0.6 is 0 Å². The second-order valence-corrected chi connectivity index (χ2v) is 3.04. The summed E-state index contributed by atoms with van der Waals surface area (Å²) in [5.74, 6) is 0.161. The Hall–Kier alpha value is -1.36. The standard InChI is InChI=1S/C9H14N2O3/c1-6(3-4-10)8-11-7(5-14-8)9(12)13-2/h5-6H,3-4,10H2,1-2H3/t6-/m1/s1. The Morgan fingerprint density at radius 3 is 3.07 bits per heavy atom. The number of carbonyl (C=O) groups is 1. The number of nitrogens with zero attached hydrogens (tertiary/aromatic N) is 1. The molecule has 1 aromatic heterocycles. The summed E-state index contributed by atoms with van der Waals surface area (Å²) in [4.78, 5) is 15.0. The predicted molar refractivity (Wildman–Crippen MR) is 49.9 cm³/mol. The van der Waals surface area contributed by atoms with Crippen molar-refractivity contribution >= 4 is 5.97 Å². The van der Waals surface area contributed by atoms with Crippen molar-refractivity contribution in [2.45, 2.75) is 19.3 Å².